The van der Waals surface area contributed by atoms with Crippen LogP contribution in [-0.2, 0) is 22.7 Å². The van der Waals surface area contributed by atoms with E-state index in [1.165, 1.54) is 19.1 Å². The number of hydrogen-bond acceptors (Lipinski definition) is 7. The quantitative estimate of drug-likeness (QED) is 0.336. The summed E-state index contributed by atoms with van der Waals surface area (Å²) in [7, 11) is -4.41. The van der Waals surface area contributed by atoms with Gasteiger partial charge in [0.1, 0.15) is 24.0 Å². The van der Waals surface area contributed by atoms with Gasteiger partial charge in [0.05, 0.1) is 28.9 Å². The number of halogens is 6. The third kappa shape index (κ3) is 5.65. The second-order valence-electron chi connectivity index (χ2n) is 8.63. The maximum absolute atomic E-state index is 14.6. The van der Waals surface area contributed by atoms with Crippen LogP contribution < -0.4 is 5.32 Å². The smallest absolute Gasteiger partial charge is 0.377 e. The summed E-state index contributed by atoms with van der Waals surface area (Å²) in [6, 6.07) is 2.87. The molecule has 1 aliphatic heterocycles. The number of aliphatic hydroxyl groups excluding tert-OH is 1. The molecule has 0 bridgehead atoms. The molecule has 0 amide bonds. The van der Waals surface area contributed by atoms with Crippen molar-refractivity contribution in [2.75, 3.05) is 0 Å². The Kier molecular flexibility index (Phi) is 7.74. The Balaban J connectivity index is 1.53. The molecule has 1 aromatic carbocycles. The number of hydrogen-bond donors (Lipinski definition) is 2. The number of benzene rings is 1. The molecule has 0 saturated carbocycles. The van der Waals surface area contributed by atoms with Gasteiger partial charge in [-0.05, 0) is 31.2 Å². The number of nitrogens with one attached hydrogen (secondary N) is 1. The van der Waals surface area contributed by atoms with Crippen molar-refractivity contribution in [2.24, 2.45) is 0 Å². The lowest BCUT2D eigenvalue weighted by Gasteiger charge is -2.31. The molecule has 0 radical (unpaired) electrons. The fourth-order valence-electron chi connectivity index (χ4n) is 4.14. The Morgan fingerprint density at radius 2 is 1.82 bits per heavy atom. The summed E-state index contributed by atoms with van der Waals surface area (Å²) in [4.78, 5) is 9.87. The summed E-state index contributed by atoms with van der Waals surface area (Å²) in [5, 5.41) is 13.3. The molecule has 204 valence electrons. The van der Waals surface area contributed by atoms with Gasteiger partial charge in [-0.1, -0.05) is 6.07 Å². The Labute approximate surface area is 213 Å². The molecule has 2 N–H and O–H groups in total. The summed E-state index contributed by atoms with van der Waals surface area (Å²) >= 11 is 0. The largest absolute Gasteiger partial charge is 0.451 e. The van der Waals surface area contributed by atoms with Crippen molar-refractivity contribution in [3.8, 4) is 11.3 Å². The molecule has 0 aliphatic carbocycles. The molecule has 38 heavy (non-hydrogen) atoms. The molecule has 4 atom stereocenters. The predicted molar refractivity (Wildman–Crippen MR) is 121 cm³/mol. The minimum Gasteiger partial charge on any atom is -0.377 e. The highest BCUT2D eigenvalue weighted by Gasteiger charge is 2.48. The van der Waals surface area contributed by atoms with Gasteiger partial charge in [0.25, 0.3) is 0 Å². The highest BCUT2D eigenvalue weighted by atomic mass is 32.2. The van der Waals surface area contributed by atoms with Crippen LogP contribution in [0.2, 0.25) is 0 Å². The first-order valence-corrected chi connectivity index (χ1v) is 12.6. The van der Waals surface area contributed by atoms with Crippen LogP contribution in [0.5, 0.6) is 0 Å². The van der Waals surface area contributed by atoms with Gasteiger partial charge in [-0.25, -0.2) is 31.6 Å². The molecular weight excluding hydrogens is 540 g/mol. The number of pyridine rings is 1. The number of sulfonamides is 1. The first kappa shape index (κ1) is 27.9. The monoisotopic (exact) mass is 561 g/mol. The molecule has 4 rings (SSSR count). The number of aromatic nitrogens is 3. The number of aliphatic hydroxyl groups is 1. The summed E-state index contributed by atoms with van der Waals surface area (Å²) in [5.41, 5.74) is 0.0356. The van der Waals surface area contributed by atoms with E-state index in [1.54, 1.807) is 0 Å². The summed E-state index contributed by atoms with van der Waals surface area (Å²) in [6.07, 6.45) is -5.86. The van der Waals surface area contributed by atoms with E-state index in [9.17, 15) is 39.9 Å². The second kappa shape index (κ2) is 10.6. The Hall–Kier alpha value is -3.14. The Morgan fingerprint density at radius 1 is 1.13 bits per heavy atom. The van der Waals surface area contributed by atoms with Crippen molar-refractivity contribution >= 4 is 10.0 Å². The Morgan fingerprint density at radius 3 is 2.45 bits per heavy atom. The Bertz CT molecular complexity index is 1410. The minimum atomic E-state index is -4.74. The van der Waals surface area contributed by atoms with Crippen molar-refractivity contribution in [3.63, 3.8) is 0 Å². The van der Waals surface area contributed by atoms with Gasteiger partial charge in [-0.15, -0.1) is 0 Å². The zero-order valence-electron chi connectivity index (χ0n) is 19.6. The second-order valence-corrected chi connectivity index (χ2v) is 10.5. The van der Waals surface area contributed by atoms with Gasteiger partial charge in [-0.2, -0.15) is 17.5 Å². The SMILES string of the molecule is C[C@H]1[C@H](F)C[C@@H](C(O)NCc2cc(-c3cnc(C(F)(F)F)nc3)ncc2F)N1S(=O)(=O)c1cccc(F)c1. The molecule has 3 aromatic rings. The van der Waals surface area contributed by atoms with Crippen LogP contribution in [0.1, 0.15) is 24.7 Å². The van der Waals surface area contributed by atoms with Crippen molar-refractivity contribution in [1.29, 1.82) is 0 Å². The van der Waals surface area contributed by atoms with E-state index in [0.29, 0.717) is 0 Å². The lowest BCUT2D eigenvalue weighted by Crippen LogP contribution is -2.50. The van der Waals surface area contributed by atoms with Gasteiger partial charge in [-0.3, -0.25) is 10.3 Å². The van der Waals surface area contributed by atoms with Crippen molar-refractivity contribution < 1.29 is 39.9 Å². The van der Waals surface area contributed by atoms with Gasteiger partial charge < -0.3 is 5.11 Å². The van der Waals surface area contributed by atoms with E-state index in [-0.39, 0.29) is 29.8 Å². The lowest BCUT2D eigenvalue weighted by molar-refractivity contribution is -0.145. The molecule has 1 saturated heterocycles. The zero-order valence-corrected chi connectivity index (χ0v) is 20.4. The van der Waals surface area contributed by atoms with E-state index in [2.05, 4.69) is 20.3 Å². The molecule has 1 unspecified atom stereocenters. The van der Waals surface area contributed by atoms with Crippen LogP contribution >= 0.6 is 0 Å². The molecule has 8 nitrogen and oxygen atoms in total. The first-order valence-electron chi connectivity index (χ1n) is 11.2. The van der Waals surface area contributed by atoms with Gasteiger partial charge in [0.2, 0.25) is 15.8 Å². The molecule has 1 aliphatic rings. The van der Waals surface area contributed by atoms with E-state index in [1.807, 2.05) is 0 Å². The fraction of sp³-hybridized carbons (Fsp3) is 0.348. The zero-order chi connectivity index (χ0) is 27.8. The number of alkyl halides is 4. The van der Waals surface area contributed by atoms with Crippen LogP contribution in [0.4, 0.5) is 26.3 Å². The highest BCUT2D eigenvalue weighted by Crippen LogP contribution is 2.34. The third-order valence-corrected chi connectivity index (χ3v) is 8.10. The first-order chi connectivity index (χ1) is 17.8. The molecule has 0 spiro atoms. The molecule has 15 heteroatoms. The van der Waals surface area contributed by atoms with Gasteiger partial charge in [0.15, 0.2) is 0 Å². The van der Waals surface area contributed by atoms with Crippen LogP contribution in [0.15, 0.2) is 53.8 Å². The molecule has 3 heterocycles. The molecule has 1 fully saturated rings. The van der Waals surface area contributed by atoms with E-state index < -0.39 is 63.0 Å². The van der Waals surface area contributed by atoms with Crippen LogP contribution in [0.3, 0.4) is 0 Å². The maximum Gasteiger partial charge on any atom is 0.451 e. The summed E-state index contributed by atoms with van der Waals surface area (Å²) in [5.74, 6) is -3.00. The van der Waals surface area contributed by atoms with Gasteiger partial charge >= 0.3 is 6.18 Å². The summed E-state index contributed by atoms with van der Waals surface area (Å²) < 4.78 is 108. The molecule has 2 aromatic heterocycles. The predicted octanol–water partition coefficient (Wildman–Crippen LogP) is 3.43. The normalized spacial score (nSPS) is 21.5. The van der Waals surface area contributed by atoms with Crippen molar-refractivity contribution in [3.05, 3.63) is 71.9 Å². The van der Waals surface area contributed by atoms with Crippen LogP contribution in [0, 0.1) is 11.6 Å². The van der Waals surface area contributed by atoms with Crippen molar-refractivity contribution in [1.82, 2.24) is 24.6 Å². The van der Waals surface area contributed by atoms with Crippen molar-refractivity contribution in [2.45, 2.75) is 55.4 Å². The lowest BCUT2D eigenvalue weighted by atomic mass is 10.1. The number of nitrogens with zero attached hydrogens (tertiary/aromatic N) is 4. The third-order valence-electron chi connectivity index (χ3n) is 6.09. The summed E-state index contributed by atoms with van der Waals surface area (Å²) in [6.45, 7) is 0.939. The van der Waals surface area contributed by atoms with Gasteiger partial charge in [0, 0.05) is 36.5 Å². The fourth-order valence-corrected chi connectivity index (χ4v) is 6.02. The highest BCUT2D eigenvalue weighted by molar-refractivity contribution is 7.89. The number of rotatable bonds is 7. The average molecular weight is 562 g/mol. The van der Waals surface area contributed by atoms with E-state index in [4.69, 9.17) is 0 Å². The van der Waals surface area contributed by atoms with E-state index >= 15 is 0 Å². The minimum absolute atomic E-state index is 0.0417. The van der Waals surface area contributed by atoms with E-state index in [0.717, 1.165) is 41.1 Å². The maximum atomic E-state index is 14.6. The molecular formula is C23H21F6N5O3S. The topological polar surface area (TPSA) is 108 Å². The van der Waals surface area contributed by atoms with Crippen LogP contribution in [-0.4, -0.2) is 57.3 Å². The van der Waals surface area contributed by atoms with Crippen LogP contribution in [0.25, 0.3) is 11.3 Å². The standard InChI is InChI=1S/C23H21F6N5O3S/c1-12-17(25)7-20(34(12)38(36,37)16-4-2-3-15(24)6-16)21(35)31-8-13-5-19(30-11-18(13)26)14-9-32-22(33-10-14)23(27,28)29/h2-6,9-12,17,20-21,31,35H,7-8H2,1H3/t12-,17+,20-,21?/m0/s1. The average Bonchev–Trinajstić information content (AvgIpc) is 3.17.